The number of unbranched alkanes of at least 4 members (excludes halogenated alkanes) is 1. The second-order valence-electron chi connectivity index (χ2n) is 4.47. The van der Waals surface area contributed by atoms with Gasteiger partial charge >= 0.3 is 7.12 Å². The lowest BCUT2D eigenvalue weighted by Gasteiger charge is -2.31. The first kappa shape index (κ1) is 13.0. The first-order chi connectivity index (χ1) is 5.90. The quantitative estimate of drug-likeness (QED) is 0.646. The van der Waals surface area contributed by atoms with Crippen LogP contribution in [0.4, 0.5) is 0 Å². The highest BCUT2D eigenvalue weighted by Crippen LogP contribution is 2.21. The van der Waals surface area contributed by atoms with Crippen molar-refractivity contribution < 1.29 is 9.68 Å². The fourth-order valence-corrected chi connectivity index (χ4v) is 0.924. The van der Waals surface area contributed by atoms with Crippen LogP contribution in [0.3, 0.4) is 0 Å². The van der Waals surface area contributed by atoms with E-state index in [1.165, 1.54) is 0 Å². The molecule has 0 aromatic rings. The van der Waals surface area contributed by atoms with Crippen LogP contribution in [0.25, 0.3) is 0 Å². The highest BCUT2D eigenvalue weighted by Gasteiger charge is 2.28. The average Bonchev–Trinajstić information content (AvgIpc) is 1.99. The van der Waals surface area contributed by atoms with E-state index < -0.39 is 7.12 Å². The van der Waals surface area contributed by atoms with Crippen molar-refractivity contribution in [2.75, 3.05) is 0 Å². The number of hydrogen-bond acceptors (Lipinski definition) is 2. The summed E-state index contributed by atoms with van der Waals surface area (Å²) in [4.78, 5) is 0. The Balaban J connectivity index is 3.82. The Hall–Kier alpha value is -0.0151. The van der Waals surface area contributed by atoms with Crippen molar-refractivity contribution in [1.82, 2.24) is 0 Å². The SMILES string of the molecule is CCCCB(O)OC(C)(C)C(C)C. The molecule has 0 radical (unpaired) electrons. The van der Waals surface area contributed by atoms with Crippen LogP contribution in [-0.4, -0.2) is 17.7 Å². The summed E-state index contributed by atoms with van der Waals surface area (Å²) in [6, 6.07) is 0. The Kier molecular flexibility index (Phi) is 5.65. The van der Waals surface area contributed by atoms with Crippen LogP contribution >= 0.6 is 0 Å². The molecule has 0 heterocycles. The van der Waals surface area contributed by atoms with Crippen LogP contribution in [0.15, 0.2) is 0 Å². The molecule has 0 aliphatic rings. The molecule has 13 heavy (non-hydrogen) atoms. The normalized spacial score (nSPS) is 12.2. The maximum absolute atomic E-state index is 9.54. The van der Waals surface area contributed by atoms with Gasteiger partial charge in [0.1, 0.15) is 0 Å². The van der Waals surface area contributed by atoms with Crippen molar-refractivity contribution in [3.63, 3.8) is 0 Å². The van der Waals surface area contributed by atoms with Gasteiger partial charge in [0, 0.05) is 0 Å². The van der Waals surface area contributed by atoms with Crippen molar-refractivity contribution in [2.45, 2.75) is 59.4 Å². The van der Waals surface area contributed by atoms with Crippen molar-refractivity contribution in [1.29, 1.82) is 0 Å². The summed E-state index contributed by atoms with van der Waals surface area (Å²) < 4.78 is 5.56. The molecule has 0 rings (SSSR count). The minimum absolute atomic E-state index is 0.229. The Morgan fingerprint density at radius 1 is 1.38 bits per heavy atom. The molecule has 2 nitrogen and oxygen atoms in total. The third-order valence-corrected chi connectivity index (χ3v) is 2.63. The van der Waals surface area contributed by atoms with Crippen LogP contribution in [-0.2, 0) is 4.65 Å². The van der Waals surface area contributed by atoms with Gasteiger partial charge in [-0.1, -0.05) is 33.6 Å². The van der Waals surface area contributed by atoms with Gasteiger partial charge in [-0.3, -0.25) is 0 Å². The Bertz CT molecular complexity index is 135. The van der Waals surface area contributed by atoms with Gasteiger partial charge in [0.2, 0.25) is 0 Å². The van der Waals surface area contributed by atoms with E-state index >= 15 is 0 Å². The van der Waals surface area contributed by atoms with Gasteiger partial charge in [-0.2, -0.15) is 0 Å². The van der Waals surface area contributed by atoms with Crippen LogP contribution in [0.5, 0.6) is 0 Å². The van der Waals surface area contributed by atoms with Gasteiger partial charge in [-0.05, 0) is 26.1 Å². The van der Waals surface area contributed by atoms with E-state index in [9.17, 15) is 5.02 Å². The van der Waals surface area contributed by atoms with Crippen molar-refractivity contribution in [2.24, 2.45) is 5.92 Å². The monoisotopic (exact) mass is 186 g/mol. The van der Waals surface area contributed by atoms with E-state index in [2.05, 4.69) is 20.8 Å². The largest absolute Gasteiger partial charge is 0.454 e. The van der Waals surface area contributed by atoms with E-state index in [1.807, 2.05) is 13.8 Å². The molecule has 1 N–H and O–H groups in total. The van der Waals surface area contributed by atoms with E-state index in [1.54, 1.807) is 0 Å². The Morgan fingerprint density at radius 2 is 1.92 bits per heavy atom. The average molecular weight is 186 g/mol. The summed E-state index contributed by atoms with van der Waals surface area (Å²) in [5.41, 5.74) is -0.229. The third kappa shape index (κ3) is 5.32. The highest BCUT2D eigenvalue weighted by molar-refractivity contribution is 6.42. The molecule has 0 unspecified atom stereocenters. The smallest absolute Gasteiger partial charge is 0.427 e. The zero-order valence-electron chi connectivity index (χ0n) is 9.63. The number of rotatable bonds is 6. The molecule has 0 aromatic heterocycles. The molecule has 0 atom stereocenters. The van der Waals surface area contributed by atoms with Crippen molar-refractivity contribution >= 4 is 7.12 Å². The maximum Gasteiger partial charge on any atom is 0.454 e. The fourth-order valence-electron chi connectivity index (χ4n) is 0.924. The van der Waals surface area contributed by atoms with Gasteiger partial charge in [0.25, 0.3) is 0 Å². The van der Waals surface area contributed by atoms with Crippen LogP contribution in [0, 0.1) is 5.92 Å². The van der Waals surface area contributed by atoms with Crippen molar-refractivity contribution in [3.8, 4) is 0 Å². The lowest BCUT2D eigenvalue weighted by Crippen LogP contribution is -2.37. The standard InChI is InChI=1S/C10H23BO2/c1-6-7-8-11(12)13-10(4,5)9(2)3/h9,12H,6-8H2,1-5H3. The van der Waals surface area contributed by atoms with Crippen LogP contribution in [0.2, 0.25) is 6.32 Å². The molecule has 0 aromatic carbocycles. The maximum atomic E-state index is 9.54. The fraction of sp³-hybridized carbons (Fsp3) is 1.00. The Labute approximate surface area is 82.8 Å². The molecule has 78 valence electrons. The molecule has 0 spiro atoms. The van der Waals surface area contributed by atoms with E-state index in [0.717, 1.165) is 19.2 Å². The lowest BCUT2D eigenvalue weighted by molar-refractivity contribution is 0.0376. The van der Waals surface area contributed by atoms with Crippen LogP contribution in [0.1, 0.15) is 47.5 Å². The minimum atomic E-state index is -0.600. The first-order valence-electron chi connectivity index (χ1n) is 5.26. The summed E-state index contributed by atoms with van der Waals surface area (Å²) >= 11 is 0. The molecular weight excluding hydrogens is 163 g/mol. The second kappa shape index (κ2) is 5.66. The van der Waals surface area contributed by atoms with E-state index in [4.69, 9.17) is 4.65 Å². The zero-order chi connectivity index (χ0) is 10.5. The summed E-state index contributed by atoms with van der Waals surface area (Å²) in [5.74, 6) is 0.420. The predicted molar refractivity (Wildman–Crippen MR) is 57.7 cm³/mol. The summed E-state index contributed by atoms with van der Waals surface area (Å²) in [6.07, 6.45) is 2.87. The Morgan fingerprint density at radius 3 is 2.31 bits per heavy atom. The molecule has 0 fully saturated rings. The molecule has 0 aliphatic carbocycles. The topological polar surface area (TPSA) is 29.5 Å². The van der Waals surface area contributed by atoms with Gasteiger partial charge in [0.15, 0.2) is 0 Å². The minimum Gasteiger partial charge on any atom is -0.427 e. The first-order valence-corrected chi connectivity index (χ1v) is 5.26. The molecule has 0 saturated heterocycles. The van der Waals surface area contributed by atoms with Crippen LogP contribution < -0.4 is 0 Å². The molecular formula is C10H23BO2. The number of hydrogen-bond donors (Lipinski definition) is 1. The lowest BCUT2D eigenvalue weighted by atomic mass is 9.80. The molecule has 0 bridgehead atoms. The van der Waals surface area contributed by atoms with E-state index in [-0.39, 0.29) is 5.60 Å². The molecule has 0 saturated carbocycles. The predicted octanol–water partition coefficient (Wildman–Crippen LogP) is 2.72. The third-order valence-electron chi connectivity index (χ3n) is 2.63. The highest BCUT2D eigenvalue weighted by atomic mass is 16.5. The summed E-state index contributed by atoms with van der Waals surface area (Å²) in [6.45, 7) is 10.4. The summed E-state index contributed by atoms with van der Waals surface area (Å²) in [5, 5.41) is 9.54. The summed E-state index contributed by atoms with van der Waals surface area (Å²) in [7, 11) is -0.600. The van der Waals surface area contributed by atoms with Gasteiger partial charge in [-0.15, -0.1) is 0 Å². The molecule has 0 aliphatic heterocycles. The molecule has 3 heteroatoms. The molecule has 0 amide bonds. The second-order valence-corrected chi connectivity index (χ2v) is 4.47. The van der Waals surface area contributed by atoms with Crippen molar-refractivity contribution in [3.05, 3.63) is 0 Å². The van der Waals surface area contributed by atoms with Gasteiger partial charge < -0.3 is 9.68 Å². The zero-order valence-corrected chi connectivity index (χ0v) is 9.63. The van der Waals surface area contributed by atoms with E-state index in [0.29, 0.717) is 5.92 Å². The van der Waals surface area contributed by atoms with Gasteiger partial charge in [-0.25, -0.2) is 0 Å². The van der Waals surface area contributed by atoms with Gasteiger partial charge in [0.05, 0.1) is 5.60 Å².